The Kier molecular flexibility index (Phi) is 5.45. The Morgan fingerprint density at radius 2 is 2.10 bits per heavy atom. The molecule has 0 radical (unpaired) electrons. The fraction of sp³-hybridized carbons (Fsp3) is 0.533. The lowest BCUT2D eigenvalue weighted by Gasteiger charge is -2.35. The van der Waals surface area contributed by atoms with Crippen LogP contribution >= 0.6 is 11.6 Å². The van der Waals surface area contributed by atoms with Gasteiger partial charge in [0.2, 0.25) is 0 Å². The third-order valence-electron chi connectivity index (χ3n) is 4.14. The molecule has 1 saturated heterocycles. The molecule has 0 saturated carbocycles. The van der Waals surface area contributed by atoms with Crippen LogP contribution in [-0.2, 0) is 6.54 Å². The van der Waals surface area contributed by atoms with Crippen molar-refractivity contribution in [3.8, 4) is 0 Å². The summed E-state index contributed by atoms with van der Waals surface area (Å²) in [4.78, 5) is 4.72. The lowest BCUT2D eigenvalue weighted by molar-refractivity contribution is 0.140. The number of likely N-dealkylation sites (tertiary alicyclic amines) is 1. The molecule has 0 bridgehead atoms. The summed E-state index contributed by atoms with van der Waals surface area (Å²) in [7, 11) is 4.28. The number of oxime groups is 1. The van der Waals surface area contributed by atoms with Crippen LogP contribution < -0.4 is 5.73 Å². The highest BCUT2D eigenvalue weighted by atomic mass is 35.5. The van der Waals surface area contributed by atoms with Crippen LogP contribution in [0.3, 0.4) is 0 Å². The molecule has 6 heteroatoms. The second kappa shape index (κ2) is 7.11. The van der Waals surface area contributed by atoms with Gasteiger partial charge >= 0.3 is 0 Å². The maximum Gasteiger partial charge on any atom is 0.170 e. The van der Waals surface area contributed by atoms with Crippen molar-refractivity contribution in [3.05, 3.63) is 34.3 Å². The first kappa shape index (κ1) is 16.1. The Morgan fingerprint density at radius 3 is 2.62 bits per heavy atom. The zero-order chi connectivity index (χ0) is 15.4. The number of amidine groups is 1. The van der Waals surface area contributed by atoms with Crippen LogP contribution in [0.4, 0.5) is 0 Å². The molecule has 116 valence electrons. The van der Waals surface area contributed by atoms with Gasteiger partial charge in [0, 0.05) is 23.2 Å². The molecule has 21 heavy (non-hydrogen) atoms. The molecule has 1 aliphatic heterocycles. The number of nitrogens with zero attached hydrogens (tertiary/aromatic N) is 3. The van der Waals surface area contributed by atoms with Gasteiger partial charge in [0.1, 0.15) is 0 Å². The maximum atomic E-state index is 8.69. The number of halogens is 1. The van der Waals surface area contributed by atoms with Crippen LogP contribution in [-0.4, -0.2) is 54.1 Å². The predicted molar refractivity (Wildman–Crippen MR) is 85.9 cm³/mol. The molecule has 1 aliphatic rings. The number of piperidine rings is 1. The summed E-state index contributed by atoms with van der Waals surface area (Å²) in [6.07, 6.45) is 2.37. The summed E-state index contributed by atoms with van der Waals surface area (Å²) in [6, 6.07) is 6.22. The van der Waals surface area contributed by atoms with Crippen LogP contribution in [0.1, 0.15) is 24.0 Å². The molecule has 1 aromatic rings. The monoisotopic (exact) mass is 310 g/mol. The molecular formula is C15H23ClN4O. The van der Waals surface area contributed by atoms with Crippen molar-refractivity contribution in [3.63, 3.8) is 0 Å². The van der Waals surface area contributed by atoms with Gasteiger partial charge in [-0.3, -0.25) is 4.90 Å². The second-order valence-electron chi connectivity index (χ2n) is 5.76. The van der Waals surface area contributed by atoms with Crippen molar-refractivity contribution in [2.24, 2.45) is 10.9 Å². The molecule has 0 spiro atoms. The van der Waals surface area contributed by atoms with E-state index in [1.807, 2.05) is 12.1 Å². The number of hydrogen-bond acceptors (Lipinski definition) is 4. The molecule has 1 fully saturated rings. The summed E-state index contributed by atoms with van der Waals surface area (Å²) in [5.41, 5.74) is 7.28. The van der Waals surface area contributed by atoms with Gasteiger partial charge in [0.25, 0.3) is 0 Å². The summed E-state index contributed by atoms with van der Waals surface area (Å²) >= 11 is 6.30. The predicted octanol–water partition coefficient (Wildman–Crippen LogP) is 1.96. The van der Waals surface area contributed by atoms with E-state index in [-0.39, 0.29) is 5.84 Å². The maximum absolute atomic E-state index is 8.69. The van der Waals surface area contributed by atoms with Gasteiger partial charge in [0.15, 0.2) is 5.84 Å². The van der Waals surface area contributed by atoms with Crippen molar-refractivity contribution in [1.82, 2.24) is 9.80 Å². The van der Waals surface area contributed by atoms with Crippen LogP contribution in [0.25, 0.3) is 0 Å². The smallest absolute Gasteiger partial charge is 0.170 e. The van der Waals surface area contributed by atoms with E-state index < -0.39 is 0 Å². The van der Waals surface area contributed by atoms with E-state index in [1.54, 1.807) is 6.07 Å². The molecule has 1 heterocycles. The van der Waals surface area contributed by atoms with Crippen LogP contribution in [0, 0.1) is 0 Å². The van der Waals surface area contributed by atoms with E-state index in [0.29, 0.717) is 16.6 Å². The Labute approximate surface area is 131 Å². The standard InChI is InChI=1S/C15H23ClN4O/c1-19(2)13-5-7-20(8-6-13)10-12-4-3-11(9-14(12)16)15(17)18-21/h3-4,9,13,21H,5-8,10H2,1-2H3,(H2,17,18). The summed E-state index contributed by atoms with van der Waals surface area (Å²) in [5, 5.41) is 12.3. The van der Waals surface area contributed by atoms with E-state index in [2.05, 4.69) is 29.1 Å². The lowest BCUT2D eigenvalue weighted by atomic mass is 10.0. The van der Waals surface area contributed by atoms with E-state index in [0.717, 1.165) is 25.2 Å². The summed E-state index contributed by atoms with van der Waals surface area (Å²) in [5.74, 6) is 0.0789. The van der Waals surface area contributed by atoms with E-state index in [4.69, 9.17) is 22.5 Å². The second-order valence-corrected chi connectivity index (χ2v) is 6.17. The van der Waals surface area contributed by atoms with E-state index in [9.17, 15) is 0 Å². The van der Waals surface area contributed by atoms with Gasteiger partial charge in [0.05, 0.1) is 0 Å². The van der Waals surface area contributed by atoms with Crippen molar-refractivity contribution in [2.75, 3.05) is 27.2 Å². The van der Waals surface area contributed by atoms with Gasteiger partial charge in [-0.15, -0.1) is 0 Å². The number of benzene rings is 1. The summed E-state index contributed by atoms with van der Waals surface area (Å²) in [6.45, 7) is 3.01. The highest BCUT2D eigenvalue weighted by molar-refractivity contribution is 6.31. The van der Waals surface area contributed by atoms with Crippen molar-refractivity contribution in [2.45, 2.75) is 25.4 Å². The molecular weight excluding hydrogens is 288 g/mol. The van der Waals surface area contributed by atoms with Crippen LogP contribution in [0.15, 0.2) is 23.4 Å². The first-order chi connectivity index (χ1) is 10.0. The van der Waals surface area contributed by atoms with Gasteiger partial charge in [-0.1, -0.05) is 28.9 Å². The molecule has 0 aliphatic carbocycles. The van der Waals surface area contributed by atoms with Gasteiger partial charge in [-0.05, 0) is 51.7 Å². The SMILES string of the molecule is CN(C)C1CCN(Cc2ccc(/C(N)=N/O)cc2Cl)CC1. The average Bonchev–Trinajstić information content (AvgIpc) is 2.49. The fourth-order valence-electron chi connectivity index (χ4n) is 2.73. The first-order valence-electron chi connectivity index (χ1n) is 7.16. The average molecular weight is 311 g/mol. The normalized spacial score (nSPS) is 18.4. The number of rotatable bonds is 4. The molecule has 0 atom stereocenters. The van der Waals surface area contributed by atoms with Crippen LogP contribution in [0.2, 0.25) is 5.02 Å². The van der Waals surface area contributed by atoms with Gasteiger partial charge in [-0.2, -0.15) is 0 Å². The van der Waals surface area contributed by atoms with E-state index in [1.165, 1.54) is 12.8 Å². The minimum absolute atomic E-state index is 0.0789. The minimum Gasteiger partial charge on any atom is -0.409 e. The Balaban J connectivity index is 1.98. The molecule has 2 rings (SSSR count). The molecule has 0 amide bonds. The summed E-state index contributed by atoms with van der Waals surface area (Å²) < 4.78 is 0. The van der Waals surface area contributed by atoms with Gasteiger partial charge < -0.3 is 15.8 Å². The number of hydrogen-bond donors (Lipinski definition) is 2. The van der Waals surface area contributed by atoms with Crippen molar-refractivity contribution in [1.29, 1.82) is 0 Å². The third kappa shape index (κ3) is 4.09. The van der Waals surface area contributed by atoms with Crippen LogP contribution in [0.5, 0.6) is 0 Å². The topological polar surface area (TPSA) is 65.1 Å². The highest BCUT2D eigenvalue weighted by Crippen LogP contribution is 2.22. The quantitative estimate of drug-likeness (QED) is 0.386. The zero-order valence-corrected chi connectivity index (χ0v) is 13.3. The lowest BCUT2D eigenvalue weighted by Crippen LogP contribution is -2.41. The number of nitrogens with two attached hydrogens (primary N) is 1. The zero-order valence-electron chi connectivity index (χ0n) is 12.6. The Morgan fingerprint density at radius 1 is 1.43 bits per heavy atom. The molecule has 0 unspecified atom stereocenters. The molecule has 1 aromatic carbocycles. The highest BCUT2D eigenvalue weighted by Gasteiger charge is 2.21. The minimum atomic E-state index is 0.0789. The van der Waals surface area contributed by atoms with Crippen molar-refractivity contribution >= 4 is 17.4 Å². The fourth-order valence-corrected chi connectivity index (χ4v) is 2.97. The Hall–Kier alpha value is -1.30. The Bertz CT molecular complexity index is 510. The third-order valence-corrected chi connectivity index (χ3v) is 4.49. The van der Waals surface area contributed by atoms with Gasteiger partial charge in [-0.25, -0.2) is 0 Å². The van der Waals surface area contributed by atoms with E-state index >= 15 is 0 Å². The molecule has 5 nitrogen and oxygen atoms in total. The first-order valence-corrected chi connectivity index (χ1v) is 7.54. The van der Waals surface area contributed by atoms with Crippen molar-refractivity contribution < 1.29 is 5.21 Å². The molecule has 0 aromatic heterocycles. The molecule has 3 N–H and O–H groups in total. The largest absolute Gasteiger partial charge is 0.409 e.